The van der Waals surface area contributed by atoms with Crippen LogP contribution in [0.2, 0.25) is 0 Å². The maximum absolute atomic E-state index is 13.4. The van der Waals surface area contributed by atoms with Crippen molar-refractivity contribution in [3.05, 3.63) is 24.0 Å². The van der Waals surface area contributed by atoms with Gasteiger partial charge in [0.05, 0.1) is 5.69 Å². The lowest BCUT2D eigenvalue weighted by atomic mass is 10.3. The van der Waals surface area contributed by atoms with E-state index in [0.29, 0.717) is 0 Å². The van der Waals surface area contributed by atoms with Crippen LogP contribution >= 0.6 is 0 Å². The van der Waals surface area contributed by atoms with Gasteiger partial charge in [-0.2, -0.15) is 0 Å². The topological polar surface area (TPSA) is 63.4 Å². The van der Waals surface area contributed by atoms with Gasteiger partial charge in [-0.25, -0.2) is 17.1 Å². The predicted octanol–water partition coefficient (Wildman–Crippen LogP) is 1.05. The summed E-state index contributed by atoms with van der Waals surface area (Å²) in [5.41, 5.74) is 5.38. The van der Waals surface area contributed by atoms with E-state index in [2.05, 4.69) is 0 Å². The Balaban J connectivity index is 3.40. The molecule has 0 saturated carbocycles. The SMILES string of the molecule is CCN(C)S(=O)(=O)c1c(N)cccc1F. The second-order valence-electron chi connectivity index (χ2n) is 3.08. The van der Waals surface area contributed by atoms with Crippen LogP contribution in [0.25, 0.3) is 0 Å². The van der Waals surface area contributed by atoms with Crippen LogP contribution in [0.4, 0.5) is 10.1 Å². The van der Waals surface area contributed by atoms with Gasteiger partial charge in [0.15, 0.2) is 0 Å². The first kappa shape index (κ1) is 11.9. The molecule has 0 bridgehead atoms. The molecule has 0 aliphatic heterocycles. The van der Waals surface area contributed by atoms with Crippen molar-refractivity contribution in [1.82, 2.24) is 4.31 Å². The van der Waals surface area contributed by atoms with Crippen molar-refractivity contribution in [2.45, 2.75) is 11.8 Å². The molecule has 0 aromatic heterocycles. The van der Waals surface area contributed by atoms with Crippen molar-refractivity contribution >= 4 is 15.7 Å². The molecule has 1 rings (SSSR count). The van der Waals surface area contributed by atoms with Crippen molar-refractivity contribution in [2.24, 2.45) is 0 Å². The molecule has 0 aliphatic carbocycles. The molecule has 0 saturated heterocycles. The van der Waals surface area contributed by atoms with Crippen LogP contribution in [0.5, 0.6) is 0 Å². The molecule has 0 heterocycles. The summed E-state index contributed by atoms with van der Waals surface area (Å²) in [7, 11) is -2.44. The van der Waals surface area contributed by atoms with Gasteiger partial charge >= 0.3 is 0 Å². The van der Waals surface area contributed by atoms with Crippen molar-refractivity contribution in [3.8, 4) is 0 Å². The lowest BCUT2D eigenvalue weighted by Gasteiger charge is -2.16. The molecule has 0 radical (unpaired) electrons. The number of hydrogen-bond donors (Lipinski definition) is 1. The summed E-state index contributed by atoms with van der Waals surface area (Å²) in [4.78, 5) is -0.450. The Kier molecular flexibility index (Phi) is 3.31. The first-order chi connectivity index (χ1) is 6.91. The molecule has 1 aromatic carbocycles. The molecule has 0 unspecified atom stereocenters. The third-order valence-corrected chi connectivity index (χ3v) is 4.14. The van der Waals surface area contributed by atoms with Crippen LogP contribution in [-0.2, 0) is 10.0 Å². The quantitative estimate of drug-likeness (QED) is 0.792. The Bertz CT molecular complexity index is 439. The van der Waals surface area contributed by atoms with Crippen molar-refractivity contribution < 1.29 is 12.8 Å². The Morgan fingerprint density at radius 2 is 2.07 bits per heavy atom. The van der Waals surface area contributed by atoms with Gasteiger partial charge in [-0.15, -0.1) is 0 Å². The minimum Gasteiger partial charge on any atom is -0.398 e. The van der Waals surface area contributed by atoms with Crippen molar-refractivity contribution in [1.29, 1.82) is 0 Å². The van der Waals surface area contributed by atoms with Crippen molar-refractivity contribution in [2.75, 3.05) is 19.3 Å². The van der Waals surface area contributed by atoms with E-state index < -0.39 is 20.7 Å². The van der Waals surface area contributed by atoms with Crippen LogP contribution in [0.1, 0.15) is 6.92 Å². The summed E-state index contributed by atoms with van der Waals surface area (Å²) < 4.78 is 38.0. The average Bonchev–Trinajstić information content (AvgIpc) is 2.15. The molecule has 0 amide bonds. The zero-order valence-corrected chi connectivity index (χ0v) is 9.38. The normalized spacial score (nSPS) is 12.0. The van der Waals surface area contributed by atoms with E-state index in [4.69, 9.17) is 5.73 Å². The first-order valence-corrected chi connectivity index (χ1v) is 5.85. The van der Waals surface area contributed by atoms with Gasteiger partial charge in [0.2, 0.25) is 10.0 Å². The summed E-state index contributed by atoms with van der Waals surface area (Å²) >= 11 is 0. The third kappa shape index (κ3) is 2.10. The van der Waals surface area contributed by atoms with E-state index in [-0.39, 0.29) is 12.2 Å². The highest BCUT2D eigenvalue weighted by Gasteiger charge is 2.25. The van der Waals surface area contributed by atoms with Gasteiger partial charge < -0.3 is 5.73 Å². The largest absolute Gasteiger partial charge is 0.398 e. The molecular weight excluding hydrogens is 219 g/mol. The van der Waals surface area contributed by atoms with E-state index in [0.717, 1.165) is 10.4 Å². The number of nitrogens with zero attached hydrogens (tertiary/aromatic N) is 1. The Morgan fingerprint density at radius 1 is 1.47 bits per heavy atom. The summed E-state index contributed by atoms with van der Waals surface area (Å²) in [6, 6.07) is 3.81. The van der Waals surface area contributed by atoms with Crippen LogP contribution in [0.3, 0.4) is 0 Å². The Hall–Kier alpha value is -1.14. The monoisotopic (exact) mass is 232 g/mol. The molecule has 15 heavy (non-hydrogen) atoms. The number of halogens is 1. The summed E-state index contributed by atoms with van der Waals surface area (Å²) in [5.74, 6) is -0.824. The number of nitrogen functional groups attached to an aromatic ring is 1. The Labute approximate surface area is 88.6 Å². The Morgan fingerprint density at radius 3 is 2.53 bits per heavy atom. The number of benzene rings is 1. The first-order valence-electron chi connectivity index (χ1n) is 4.41. The van der Waals surface area contributed by atoms with Gasteiger partial charge in [-0.1, -0.05) is 13.0 Å². The van der Waals surface area contributed by atoms with E-state index in [9.17, 15) is 12.8 Å². The van der Waals surface area contributed by atoms with E-state index in [1.807, 2.05) is 0 Å². The molecule has 0 spiro atoms. The lowest BCUT2D eigenvalue weighted by Crippen LogP contribution is -2.28. The molecule has 6 heteroatoms. The van der Waals surface area contributed by atoms with Gasteiger partial charge in [-0.3, -0.25) is 0 Å². The van der Waals surface area contributed by atoms with E-state index >= 15 is 0 Å². The molecule has 0 atom stereocenters. The van der Waals surface area contributed by atoms with Gasteiger partial charge in [0.25, 0.3) is 0 Å². The zero-order valence-electron chi connectivity index (χ0n) is 8.57. The fourth-order valence-electron chi connectivity index (χ4n) is 1.12. The summed E-state index contributed by atoms with van der Waals surface area (Å²) in [6.07, 6.45) is 0. The zero-order chi connectivity index (χ0) is 11.6. The molecular formula is C9H13FN2O2S. The second kappa shape index (κ2) is 4.16. The highest BCUT2D eigenvalue weighted by atomic mass is 32.2. The van der Waals surface area contributed by atoms with E-state index in [1.165, 1.54) is 19.2 Å². The fraction of sp³-hybridized carbons (Fsp3) is 0.333. The number of rotatable bonds is 3. The number of nitrogens with two attached hydrogens (primary N) is 1. The molecule has 2 N–H and O–H groups in total. The molecule has 84 valence electrons. The van der Waals surface area contributed by atoms with Gasteiger partial charge in [0.1, 0.15) is 10.7 Å². The minimum atomic E-state index is -3.82. The molecule has 4 nitrogen and oxygen atoms in total. The maximum atomic E-state index is 13.4. The average molecular weight is 232 g/mol. The van der Waals surface area contributed by atoms with Crippen LogP contribution in [0.15, 0.2) is 23.1 Å². The molecule has 1 aromatic rings. The van der Waals surface area contributed by atoms with Gasteiger partial charge in [-0.05, 0) is 12.1 Å². The standard InChI is InChI=1S/C9H13FN2O2S/c1-3-12(2)15(13,14)9-7(10)5-4-6-8(9)11/h4-6H,3,11H2,1-2H3. The van der Waals surface area contributed by atoms with E-state index in [1.54, 1.807) is 6.92 Å². The molecule has 0 fully saturated rings. The van der Waals surface area contributed by atoms with Crippen LogP contribution in [-0.4, -0.2) is 26.3 Å². The maximum Gasteiger partial charge on any atom is 0.247 e. The predicted molar refractivity (Wildman–Crippen MR) is 56.3 cm³/mol. The highest BCUT2D eigenvalue weighted by molar-refractivity contribution is 7.89. The smallest absolute Gasteiger partial charge is 0.247 e. The van der Waals surface area contributed by atoms with Gasteiger partial charge in [0, 0.05) is 13.6 Å². The van der Waals surface area contributed by atoms with Crippen LogP contribution in [0, 0.1) is 5.82 Å². The number of anilines is 1. The summed E-state index contributed by atoms with van der Waals surface area (Å²) in [6.45, 7) is 1.92. The van der Waals surface area contributed by atoms with Crippen molar-refractivity contribution in [3.63, 3.8) is 0 Å². The minimum absolute atomic E-state index is 0.0738. The second-order valence-corrected chi connectivity index (χ2v) is 5.06. The lowest BCUT2D eigenvalue weighted by molar-refractivity contribution is 0.478. The third-order valence-electron chi connectivity index (χ3n) is 2.11. The van der Waals surface area contributed by atoms with Crippen LogP contribution < -0.4 is 5.73 Å². The number of sulfonamides is 1. The number of hydrogen-bond acceptors (Lipinski definition) is 3. The highest BCUT2D eigenvalue weighted by Crippen LogP contribution is 2.24. The summed E-state index contributed by atoms with van der Waals surface area (Å²) in [5, 5.41) is 0. The fourth-order valence-corrected chi connectivity index (χ4v) is 2.46. The molecule has 0 aliphatic rings.